The van der Waals surface area contributed by atoms with E-state index < -0.39 is 0 Å². The summed E-state index contributed by atoms with van der Waals surface area (Å²) in [5.41, 5.74) is 4.10. The Bertz CT molecular complexity index is 651. The zero-order valence-corrected chi connectivity index (χ0v) is 14.7. The fourth-order valence-electron chi connectivity index (χ4n) is 6.42. The van der Waals surface area contributed by atoms with Gasteiger partial charge in [-0.25, -0.2) is 0 Å². The van der Waals surface area contributed by atoms with Crippen molar-refractivity contribution >= 4 is 0 Å². The van der Waals surface area contributed by atoms with Crippen molar-refractivity contribution in [2.45, 2.75) is 58.0 Å². The SMILES string of the molecule is COC1=CC2=CCC3C(=CCC4(C)C3CC[C@@]43CO3)C2(C)CC1. The number of methoxy groups -OCH3 is 1. The van der Waals surface area contributed by atoms with Crippen LogP contribution in [0.25, 0.3) is 0 Å². The highest BCUT2D eigenvalue weighted by Crippen LogP contribution is 2.68. The molecule has 1 saturated heterocycles. The van der Waals surface area contributed by atoms with E-state index in [9.17, 15) is 0 Å². The molecule has 1 heterocycles. The third kappa shape index (κ3) is 1.64. The molecule has 1 saturated carbocycles. The molecule has 5 atom stereocenters. The van der Waals surface area contributed by atoms with E-state index in [0.717, 1.165) is 30.6 Å². The number of rotatable bonds is 1. The highest BCUT2D eigenvalue weighted by molar-refractivity contribution is 5.45. The molecule has 4 aliphatic carbocycles. The van der Waals surface area contributed by atoms with Crippen LogP contribution in [0.1, 0.15) is 52.4 Å². The smallest absolute Gasteiger partial charge is 0.0975 e. The van der Waals surface area contributed by atoms with Crippen LogP contribution >= 0.6 is 0 Å². The van der Waals surface area contributed by atoms with Crippen molar-refractivity contribution in [2.24, 2.45) is 22.7 Å². The second kappa shape index (κ2) is 4.33. The van der Waals surface area contributed by atoms with Gasteiger partial charge in [0.1, 0.15) is 0 Å². The minimum absolute atomic E-state index is 0.236. The van der Waals surface area contributed by atoms with Crippen LogP contribution in [0.5, 0.6) is 0 Å². The van der Waals surface area contributed by atoms with Gasteiger partial charge < -0.3 is 9.47 Å². The van der Waals surface area contributed by atoms with Gasteiger partial charge in [-0.1, -0.05) is 31.6 Å². The molecule has 0 aromatic rings. The zero-order chi connectivity index (χ0) is 15.9. The quantitative estimate of drug-likeness (QED) is 0.513. The summed E-state index contributed by atoms with van der Waals surface area (Å²) >= 11 is 0. The standard InChI is InChI=1S/C21H28O2/c1-19-9-6-15(22-3)12-14(19)4-5-16-17(19)7-10-20(2)18(16)8-11-21(20)13-23-21/h4,7,12,16,18H,5-6,8-11,13H2,1-3H3/t16?,18?,19?,20?,21-/m1/s1. The summed E-state index contributed by atoms with van der Waals surface area (Å²) in [6.45, 7) is 5.99. The Morgan fingerprint density at radius 1 is 1.22 bits per heavy atom. The van der Waals surface area contributed by atoms with E-state index in [2.05, 4.69) is 32.1 Å². The molecular weight excluding hydrogens is 284 g/mol. The Hall–Kier alpha value is -1.02. The van der Waals surface area contributed by atoms with E-state index in [1.165, 1.54) is 37.7 Å². The average molecular weight is 312 g/mol. The molecule has 0 bridgehead atoms. The Labute approximate surface area is 139 Å². The van der Waals surface area contributed by atoms with Crippen molar-refractivity contribution in [1.29, 1.82) is 0 Å². The van der Waals surface area contributed by atoms with Gasteiger partial charge in [0.05, 0.1) is 25.1 Å². The topological polar surface area (TPSA) is 21.8 Å². The third-order valence-corrected chi connectivity index (χ3v) is 8.16. The first-order valence-corrected chi connectivity index (χ1v) is 9.32. The van der Waals surface area contributed by atoms with Gasteiger partial charge in [-0.3, -0.25) is 0 Å². The van der Waals surface area contributed by atoms with Gasteiger partial charge in [-0.05, 0) is 55.6 Å². The van der Waals surface area contributed by atoms with Crippen molar-refractivity contribution in [3.63, 3.8) is 0 Å². The van der Waals surface area contributed by atoms with E-state index >= 15 is 0 Å². The maximum Gasteiger partial charge on any atom is 0.0975 e. The molecule has 5 rings (SSSR count). The van der Waals surface area contributed by atoms with Crippen LogP contribution in [0.2, 0.25) is 0 Å². The largest absolute Gasteiger partial charge is 0.501 e. The van der Waals surface area contributed by atoms with Crippen LogP contribution in [0, 0.1) is 22.7 Å². The molecule has 0 radical (unpaired) electrons. The van der Waals surface area contributed by atoms with Crippen molar-refractivity contribution in [1.82, 2.24) is 0 Å². The highest BCUT2D eigenvalue weighted by Gasteiger charge is 2.68. The number of ether oxygens (including phenoxy) is 2. The minimum Gasteiger partial charge on any atom is -0.501 e. The second-order valence-electron chi connectivity index (χ2n) is 8.86. The van der Waals surface area contributed by atoms with Crippen molar-refractivity contribution in [3.05, 3.63) is 35.1 Å². The van der Waals surface area contributed by atoms with Crippen LogP contribution in [-0.4, -0.2) is 19.3 Å². The lowest BCUT2D eigenvalue weighted by atomic mass is 9.52. The first-order valence-electron chi connectivity index (χ1n) is 9.32. The lowest BCUT2D eigenvalue weighted by Crippen LogP contribution is -2.45. The van der Waals surface area contributed by atoms with E-state index in [4.69, 9.17) is 9.47 Å². The Morgan fingerprint density at radius 2 is 2.04 bits per heavy atom. The first-order chi connectivity index (χ1) is 11.0. The van der Waals surface area contributed by atoms with Crippen LogP contribution in [0.4, 0.5) is 0 Å². The van der Waals surface area contributed by atoms with Gasteiger partial charge in [0, 0.05) is 17.3 Å². The lowest BCUT2D eigenvalue weighted by molar-refractivity contribution is 0.0679. The number of hydrogen-bond acceptors (Lipinski definition) is 2. The third-order valence-electron chi connectivity index (χ3n) is 8.16. The number of hydrogen-bond donors (Lipinski definition) is 0. The van der Waals surface area contributed by atoms with Crippen molar-refractivity contribution < 1.29 is 9.47 Å². The fraction of sp³-hybridized carbons (Fsp3) is 0.714. The maximum atomic E-state index is 6.00. The molecule has 0 amide bonds. The molecule has 1 aliphatic heterocycles. The normalized spacial score (nSPS) is 50.3. The molecule has 23 heavy (non-hydrogen) atoms. The molecule has 4 unspecified atom stereocenters. The van der Waals surface area contributed by atoms with Crippen LogP contribution in [0.15, 0.2) is 35.1 Å². The van der Waals surface area contributed by atoms with Gasteiger partial charge in [-0.2, -0.15) is 0 Å². The number of allylic oxidation sites excluding steroid dienone is 6. The molecule has 0 aromatic heterocycles. The van der Waals surface area contributed by atoms with Crippen LogP contribution in [-0.2, 0) is 9.47 Å². The summed E-state index contributed by atoms with van der Waals surface area (Å²) < 4.78 is 11.5. The summed E-state index contributed by atoms with van der Waals surface area (Å²) in [7, 11) is 1.81. The van der Waals surface area contributed by atoms with Gasteiger partial charge in [-0.15, -0.1) is 0 Å². The van der Waals surface area contributed by atoms with Crippen LogP contribution < -0.4 is 0 Å². The minimum atomic E-state index is 0.236. The highest BCUT2D eigenvalue weighted by atomic mass is 16.6. The second-order valence-corrected chi connectivity index (χ2v) is 8.86. The van der Waals surface area contributed by atoms with Crippen LogP contribution in [0.3, 0.4) is 0 Å². The van der Waals surface area contributed by atoms with Gasteiger partial charge >= 0.3 is 0 Å². The zero-order valence-electron chi connectivity index (χ0n) is 14.7. The average Bonchev–Trinajstić information content (AvgIpc) is 3.28. The molecule has 5 aliphatic rings. The van der Waals surface area contributed by atoms with Gasteiger partial charge in [0.25, 0.3) is 0 Å². The predicted octanol–water partition coefficient (Wildman–Crippen LogP) is 4.78. The lowest BCUT2D eigenvalue weighted by Gasteiger charge is -2.52. The molecule has 124 valence electrons. The van der Waals surface area contributed by atoms with E-state index in [1.807, 2.05) is 0 Å². The Morgan fingerprint density at radius 3 is 2.78 bits per heavy atom. The molecule has 2 fully saturated rings. The summed E-state index contributed by atoms with van der Waals surface area (Å²) in [5.74, 6) is 2.70. The number of fused-ring (bicyclic) bond motifs is 6. The number of epoxide rings is 1. The van der Waals surface area contributed by atoms with Gasteiger partial charge in [0.15, 0.2) is 0 Å². The molecule has 2 heteroatoms. The molecule has 0 aromatic carbocycles. The summed E-state index contributed by atoms with van der Waals surface area (Å²) in [4.78, 5) is 0. The summed E-state index contributed by atoms with van der Waals surface area (Å²) in [6.07, 6.45) is 14.8. The first kappa shape index (κ1) is 14.3. The fourth-order valence-corrected chi connectivity index (χ4v) is 6.42. The molecule has 0 N–H and O–H groups in total. The Kier molecular flexibility index (Phi) is 2.70. The van der Waals surface area contributed by atoms with Crippen molar-refractivity contribution in [2.75, 3.05) is 13.7 Å². The molecule has 2 nitrogen and oxygen atoms in total. The van der Waals surface area contributed by atoms with E-state index in [-0.39, 0.29) is 11.0 Å². The summed E-state index contributed by atoms with van der Waals surface area (Å²) in [5, 5.41) is 0. The monoisotopic (exact) mass is 312 g/mol. The Balaban J connectivity index is 1.56. The molecule has 1 spiro atoms. The predicted molar refractivity (Wildman–Crippen MR) is 90.8 cm³/mol. The van der Waals surface area contributed by atoms with Crippen molar-refractivity contribution in [3.8, 4) is 0 Å². The summed E-state index contributed by atoms with van der Waals surface area (Å²) in [6, 6.07) is 0. The maximum absolute atomic E-state index is 6.00. The van der Waals surface area contributed by atoms with E-state index in [0.29, 0.717) is 5.41 Å². The van der Waals surface area contributed by atoms with E-state index in [1.54, 1.807) is 12.7 Å². The van der Waals surface area contributed by atoms with Gasteiger partial charge in [0.2, 0.25) is 0 Å². The molecular formula is C21H28O2.